The molecule has 2 aliphatic rings. The van der Waals surface area contributed by atoms with Gasteiger partial charge in [-0.1, -0.05) is 29.1 Å². The van der Waals surface area contributed by atoms with Crippen LogP contribution in [-0.4, -0.2) is 70.7 Å². The first-order chi connectivity index (χ1) is 15.3. The van der Waals surface area contributed by atoms with Gasteiger partial charge in [0.05, 0.1) is 6.20 Å². The molecule has 3 heterocycles. The number of carbonyl (C=O) groups is 3. The molecule has 1 fully saturated rings. The van der Waals surface area contributed by atoms with E-state index in [1.807, 2.05) is 6.92 Å². The third-order valence-corrected chi connectivity index (χ3v) is 7.60. The Morgan fingerprint density at radius 3 is 2.72 bits per heavy atom. The van der Waals surface area contributed by atoms with Crippen LogP contribution in [0.2, 0.25) is 0 Å². The summed E-state index contributed by atoms with van der Waals surface area (Å²) >= 11 is 2.72. The lowest BCUT2D eigenvalue weighted by Crippen LogP contribution is -2.71. The molecular weight excluding hydrogens is 456 g/mol. The first-order valence-corrected chi connectivity index (χ1v) is 11.5. The smallest absolute Gasteiger partial charge is 0.352 e. The summed E-state index contributed by atoms with van der Waals surface area (Å²) in [6.45, 7) is 1.85. The Hall–Kier alpha value is -3.03. The molecule has 2 aliphatic heterocycles. The predicted octanol–water partition coefficient (Wildman–Crippen LogP) is 0.430. The quantitative estimate of drug-likeness (QED) is 0.278. The number of benzene rings is 1. The number of aromatic amines is 1. The fourth-order valence-corrected chi connectivity index (χ4v) is 6.02. The Morgan fingerprint density at radius 1 is 1.38 bits per heavy atom. The van der Waals surface area contributed by atoms with E-state index in [1.54, 1.807) is 6.20 Å². The van der Waals surface area contributed by atoms with Gasteiger partial charge in [-0.15, -0.1) is 16.9 Å². The zero-order valence-electron chi connectivity index (χ0n) is 16.8. The summed E-state index contributed by atoms with van der Waals surface area (Å²) in [5.74, 6) is -1.82. The minimum atomic E-state index is -1.20. The number of fused-ring (bicyclic) bond motifs is 1. The Kier molecular flexibility index (Phi) is 6.13. The van der Waals surface area contributed by atoms with Crippen LogP contribution in [0.3, 0.4) is 0 Å². The summed E-state index contributed by atoms with van der Waals surface area (Å²) in [6, 6.07) is 3.98. The van der Waals surface area contributed by atoms with Gasteiger partial charge < -0.3 is 21.3 Å². The minimum absolute atomic E-state index is 0.0458. The van der Waals surface area contributed by atoms with Crippen molar-refractivity contribution in [2.45, 2.75) is 34.7 Å². The average Bonchev–Trinajstić information content (AvgIpc) is 3.29. The van der Waals surface area contributed by atoms with E-state index in [2.05, 4.69) is 20.7 Å². The summed E-state index contributed by atoms with van der Waals surface area (Å²) in [6.07, 6.45) is 1.61. The standard InChI is InChI=1S/C19H20N6O5S2/c1-8(32-12-6-21-24-23-12)11-7-31-18-14(17(28)25(18)15(11)19(29)30)22-16(27)13(20)9-2-4-10(26)5-3-9/h2-6,8,13-14,18,26H,7,20H2,1H3,(H,22,27)(H,29,30)(H,21,23,24)/t8?,13?,14?,18-/m0/s1. The van der Waals surface area contributed by atoms with E-state index in [-0.39, 0.29) is 16.7 Å². The molecule has 0 spiro atoms. The molecule has 2 amide bonds. The van der Waals surface area contributed by atoms with Crippen molar-refractivity contribution in [2.24, 2.45) is 5.73 Å². The zero-order chi connectivity index (χ0) is 23.0. The van der Waals surface area contributed by atoms with Gasteiger partial charge in [-0.2, -0.15) is 0 Å². The summed E-state index contributed by atoms with van der Waals surface area (Å²) in [4.78, 5) is 38.7. The number of aromatic hydroxyl groups is 1. The second kappa shape index (κ2) is 8.84. The third kappa shape index (κ3) is 4.06. The van der Waals surface area contributed by atoms with Crippen molar-refractivity contribution >= 4 is 41.3 Å². The number of phenolic OH excluding ortho intramolecular Hbond substituents is 1. The summed E-state index contributed by atoms with van der Waals surface area (Å²) < 4.78 is 0. The van der Waals surface area contributed by atoms with Crippen LogP contribution in [0.4, 0.5) is 0 Å². The number of carboxylic acid groups (broad SMARTS) is 1. The molecule has 13 heteroatoms. The van der Waals surface area contributed by atoms with E-state index >= 15 is 0 Å². The van der Waals surface area contributed by atoms with Gasteiger partial charge in [0.2, 0.25) is 5.91 Å². The van der Waals surface area contributed by atoms with Crippen LogP contribution in [0.1, 0.15) is 18.5 Å². The number of hydrogen-bond acceptors (Lipinski definition) is 9. The first kappa shape index (κ1) is 22.2. The van der Waals surface area contributed by atoms with Gasteiger partial charge in [0.1, 0.15) is 33.9 Å². The van der Waals surface area contributed by atoms with E-state index in [4.69, 9.17) is 5.73 Å². The molecule has 168 valence electrons. The average molecular weight is 477 g/mol. The molecule has 1 aromatic carbocycles. The molecule has 2 aromatic rings. The van der Waals surface area contributed by atoms with Crippen LogP contribution in [0.25, 0.3) is 0 Å². The van der Waals surface area contributed by atoms with Crippen LogP contribution in [0.5, 0.6) is 5.75 Å². The van der Waals surface area contributed by atoms with Crippen molar-refractivity contribution in [3.05, 3.63) is 47.3 Å². The number of nitrogens with two attached hydrogens (primary N) is 1. The fourth-order valence-electron chi connectivity index (χ4n) is 3.53. The van der Waals surface area contributed by atoms with E-state index in [1.165, 1.54) is 52.7 Å². The minimum Gasteiger partial charge on any atom is -0.508 e. The van der Waals surface area contributed by atoms with Gasteiger partial charge in [-0.3, -0.25) is 19.6 Å². The number of amides is 2. The number of rotatable bonds is 7. The van der Waals surface area contributed by atoms with E-state index in [0.717, 1.165) is 0 Å². The SMILES string of the molecule is CC(Sc1c[nH]nn1)C1=C(C(=O)O)N2C(=O)C(NC(=O)C(N)c3ccc(O)cc3)[C@@H]2SC1. The fraction of sp³-hybridized carbons (Fsp3) is 0.316. The number of H-pyrrole nitrogens is 1. The van der Waals surface area contributed by atoms with Crippen LogP contribution in [-0.2, 0) is 14.4 Å². The lowest BCUT2D eigenvalue weighted by molar-refractivity contribution is -0.150. The van der Waals surface area contributed by atoms with Crippen molar-refractivity contribution in [1.82, 2.24) is 25.6 Å². The molecule has 0 radical (unpaired) electrons. The number of nitrogens with one attached hydrogen (secondary N) is 2. The number of carboxylic acids is 1. The molecule has 32 heavy (non-hydrogen) atoms. The maximum atomic E-state index is 12.8. The first-order valence-electron chi connectivity index (χ1n) is 9.57. The van der Waals surface area contributed by atoms with E-state index in [9.17, 15) is 24.6 Å². The summed E-state index contributed by atoms with van der Waals surface area (Å²) in [5.41, 5.74) is 7.01. The van der Waals surface area contributed by atoms with Crippen LogP contribution < -0.4 is 11.1 Å². The zero-order valence-corrected chi connectivity index (χ0v) is 18.4. The van der Waals surface area contributed by atoms with Gasteiger partial charge in [0, 0.05) is 11.0 Å². The largest absolute Gasteiger partial charge is 0.508 e. The maximum Gasteiger partial charge on any atom is 0.352 e. The van der Waals surface area contributed by atoms with Crippen molar-refractivity contribution in [1.29, 1.82) is 0 Å². The van der Waals surface area contributed by atoms with Crippen molar-refractivity contribution in [2.75, 3.05) is 5.75 Å². The number of phenols is 1. The van der Waals surface area contributed by atoms with Crippen LogP contribution in [0, 0.1) is 0 Å². The monoisotopic (exact) mass is 476 g/mol. The predicted molar refractivity (Wildman–Crippen MR) is 116 cm³/mol. The van der Waals surface area contributed by atoms with E-state index < -0.39 is 35.2 Å². The number of aliphatic carboxylic acids is 1. The molecule has 0 aliphatic carbocycles. The van der Waals surface area contributed by atoms with Gasteiger partial charge in [0.15, 0.2) is 0 Å². The lowest BCUT2D eigenvalue weighted by Gasteiger charge is -2.50. The highest BCUT2D eigenvalue weighted by Gasteiger charge is 2.54. The van der Waals surface area contributed by atoms with Crippen molar-refractivity contribution in [3.8, 4) is 5.75 Å². The second-order valence-electron chi connectivity index (χ2n) is 7.22. The van der Waals surface area contributed by atoms with Gasteiger partial charge >= 0.3 is 5.97 Å². The van der Waals surface area contributed by atoms with Gasteiger partial charge in [0.25, 0.3) is 5.91 Å². The van der Waals surface area contributed by atoms with E-state index in [0.29, 0.717) is 21.9 Å². The molecule has 0 saturated carbocycles. The number of aromatic nitrogens is 3. The molecule has 4 rings (SSSR count). The van der Waals surface area contributed by atoms with Crippen molar-refractivity contribution < 1.29 is 24.6 Å². The van der Waals surface area contributed by atoms with Gasteiger partial charge in [-0.05, 0) is 30.2 Å². The normalized spacial score (nSPS) is 22.1. The number of thioether (sulfide) groups is 2. The molecule has 4 atom stereocenters. The third-order valence-electron chi connectivity index (χ3n) is 5.22. The Morgan fingerprint density at radius 2 is 2.09 bits per heavy atom. The van der Waals surface area contributed by atoms with Crippen molar-refractivity contribution in [3.63, 3.8) is 0 Å². The molecule has 3 unspecified atom stereocenters. The lowest BCUT2D eigenvalue weighted by atomic mass is 10.0. The number of hydrogen-bond donors (Lipinski definition) is 5. The number of nitrogens with zero attached hydrogens (tertiary/aromatic N) is 3. The Balaban J connectivity index is 1.48. The molecular formula is C19H20N6O5S2. The van der Waals surface area contributed by atoms with Crippen LogP contribution in [0.15, 0.2) is 46.8 Å². The Labute approximate surface area is 190 Å². The topological polar surface area (TPSA) is 175 Å². The highest BCUT2D eigenvalue weighted by Crippen LogP contribution is 2.43. The van der Waals surface area contributed by atoms with Gasteiger partial charge in [-0.25, -0.2) is 4.79 Å². The second-order valence-corrected chi connectivity index (χ2v) is 9.68. The summed E-state index contributed by atoms with van der Waals surface area (Å²) in [7, 11) is 0. The molecule has 1 aromatic heterocycles. The molecule has 0 bridgehead atoms. The molecule has 1 saturated heterocycles. The van der Waals surface area contributed by atoms with Crippen LogP contribution >= 0.6 is 23.5 Å². The molecule has 11 nitrogen and oxygen atoms in total. The Bertz CT molecular complexity index is 1070. The number of β-lactam (4-membered cyclic amide) rings is 1. The molecule has 6 N–H and O–H groups in total. The maximum absolute atomic E-state index is 12.8. The highest BCUT2D eigenvalue weighted by atomic mass is 32.2. The number of carbonyl (C=O) groups excluding carboxylic acids is 2. The summed E-state index contributed by atoms with van der Waals surface area (Å²) in [5, 5.41) is 31.8. The highest BCUT2D eigenvalue weighted by molar-refractivity contribution is 8.01.